The highest BCUT2D eigenvalue weighted by molar-refractivity contribution is 4.72. The monoisotopic (exact) mass is 172 g/mol. The third-order valence-electron chi connectivity index (χ3n) is 2.17. The Labute approximate surface area is 74.9 Å². The molecule has 12 heavy (non-hydrogen) atoms. The van der Waals surface area contributed by atoms with Crippen LogP contribution >= 0.6 is 0 Å². The number of hydrogen-bond acceptors (Lipinski definition) is 3. The van der Waals surface area contributed by atoms with E-state index in [0.717, 1.165) is 32.6 Å². The first-order valence-electron chi connectivity index (χ1n) is 4.80. The van der Waals surface area contributed by atoms with E-state index >= 15 is 0 Å². The second-order valence-corrected chi connectivity index (χ2v) is 3.66. The van der Waals surface area contributed by atoms with E-state index in [1.165, 1.54) is 0 Å². The third kappa shape index (κ3) is 3.09. The third-order valence-corrected chi connectivity index (χ3v) is 2.17. The standard InChI is InChI=1S/C9H20N2O/c1-8-6-11(5-3-4-10)7-9(2)12-8/h8-9H,3-7,10H2,1-2H3/t8-,9+. The molecule has 0 amide bonds. The molecule has 0 aliphatic carbocycles. The van der Waals surface area contributed by atoms with Crippen molar-refractivity contribution in [2.24, 2.45) is 5.73 Å². The molecule has 1 saturated heterocycles. The number of morpholine rings is 1. The summed E-state index contributed by atoms with van der Waals surface area (Å²) in [5.41, 5.74) is 5.46. The van der Waals surface area contributed by atoms with Crippen LogP contribution in [-0.2, 0) is 4.74 Å². The van der Waals surface area contributed by atoms with Crippen LogP contribution in [0.15, 0.2) is 0 Å². The maximum atomic E-state index is 5.62. The SMILES string of the molecule is C[C@@H]1CN(CCCN)C[C@H](C)O1. The maximum Gasteiger partial charge on any atom is 0.0678 e. The van der Waals surface area contributed by atoms with Crippen LogP contribution in [0.5, 0.6) is 0 Å². The van der Waals surface area contributed by atoms with Crippen molar-refractivity contribution in [1.29, 1.82) is 0 Å². The molecule has 1 heterocycles. The van der Waals surface area contributed by atoms with E-state index in [1.54, 1.807) is 0 Å². The smallest absolute Gasteiger partial charge is 0.0678 e. The number of rotatable bonds is 3. The fraction of sp³-hybridized carbons (Fsp3) is 1.00. The Morgan fingerprint density at radius 3 is 2.42 bits per heavy atom. The Bertz CT molecular complexity index is 120. The lowest BCUT2D eigenvalue weighted by Gasteiger charge is -2.35. The van der Waals surface area contributed by atoms with Crippen LogP contribution in [0.4, 0.5) is 0 Å². The van der Waals surface area contributed by atoms with Gasteiger partial charge in [0.1, 0.15) is 0 Å². The van der Waals surface area contributed by atoms with Crippen LogP contribution in [-0.4, -0.2) is 43.3 Å². The van der Waals surface area contributed by atoms with Crippen molar-refractivity contribution in [2.45, 2.75) is 32.5 Å². The van der Waals surface area contributed by atoms with Gasteiger partial charge < -0.3 is 10.5 Å². The van der Waals surface area contributed by atoms with Gasteiger partial charge in [-0.2, -0.15) is 0 Å². The largest absolute Gasteiger partial charge is 0.373 e. The molecule has 1 fully saturated rings. The number of nitrogens with zero attached hydrogens (tertiary/aromatic N) is 1. The Morgan fingerprint density at radius 2 is 1.92 bits per heavy atom. The molecule has 0 aromatic carbocycles. The first-order chi connectivity index (χ1) is 5.72. The average molecular weight is 172 g/mol. The lowest BCUT2D eigenvalue weighted by molar-refractivity contribution is -0.0679. The normalized spacial score (nSPS) is 32.2. The van der Waals surface area contributed by atoms with Crippen molar-refractivity contribution < 1.29 is 4.74 Å². The zero-order chi connectivity index (χ0) is 8.97. The zero-order valence-corrected chi connectivity index (χ0v) is 8.12. The summed E-state index contributed by atoms with van der Waals surface area (Å²) >= 11 is 0. The number of ether oxygens (including phenoxy) is 1. The van der Waals surface area contributed by atoms with E-state index in [9.17, 15) is 0 Å². The van der Waals surface area contributed by atoms with Crippen molar-refractivity contribution in [2.75, 3.05) is 26.2 Å². The molecule has 0 radical (unpaired) electrons. The average Bonchev–Trinajstić information content (AvgIpc) is 1.99. The van der Waals surface area contributed by atoms with Gasteiger partial charge in [0, 0.05) is 13.1 Å². The summed E-state index contributed by atoms with van der Waals surface area (Å²) in [6, 6.07) is 0. The minimum atomic E-state index is 0.381. The molecule has 1 aliphatic rings. The predicted molar refractivity (Wildman–Crippen MR) is 50.1 cm³/mol. The molecule has 0 bridgehead atoms. The van der Waals surface area contributed by atoms with E-state index in [0.29, 0.717) is 12.2 Å². The molecule has 0 aromatic rings. The second kappa shape index (κ2) is 4.80. The molecule has 3 heteroatoms. The molecule has 0 saturated carbocycles. The quantitative estimate of drug-likeness (QED) is 0.671. The zero-order valence-electron chi connectivity index (χ0n) is 8.12. The van der Waals surface area contributed by atoms with Crippen molar-refractivity contribution in [3.8, 4) is 0 Å². The summed E-state index contributed by atoms with van der Waals surface area (Å²) in [7, 11) is 0. The Balaban J connectivity index is 2.24. The summed E-state index contributed by atoms with van der Waals surface area (Å²) in [6.45, 7) is 8.29. The van der Waals surface area contributed by atoms with Gasteiger partial charge in [0.05, 0.1) is 12.2 Å². The molecule has 0 aromatic heterocycles. The fourth-order valence-corrected chi connectivity index (χ4v) is 1.78. The predicted octanol–water partition coefficient (Wildman–Crippen LogP) is 0.444. The maximum absolute atomic E-state index is 5.62. The Kier molecular flexibility index (Phi) is 3.98. The van der Waals surface area contributed by atoms with Crippen molar-refractivity contribution in [1.82, 2.24) is 4.90 Å². The molecule has 2 atom stereocenters. The molecular weight excluding hydrogens is 152 g/mol. The van der Waals surface area contributed by atoms with E-state index < -0.39 is 0 Å². The van der Waals surface area contributed by atoms with Crippen molar-refractivity contribution >= 4 is 0 Å². The van der Waals surface area contributed by atoms with Crippen LogP contribution in [0.1, 0.15) is 20.3 Å². The highest BCUT2D eigenvalue weighted by Gasteiger charge is 2.20. The molecule has 1 aliphatic heterocycles. The van der Waals surface area contributed by atoms with Gasteiger partial charge in [-0.3, -0.25) is 4.90 Å². The first kappa shape index (κ1) is 9.96. The Morgan fingerprint density at radius 1 is 1.33 bits per heavy atom. The lowest BCUT2D eigenvalue weighted by Crippen LogP contribution is -2.45. The van der Waals surface area contributed by atoms with Crippen LogP contribution in [0.3, 0.4) is 0 Å². The van der Waals surface area contributed by atoms with Crippen LogP contribution in [0.2, 0.25) is 0 Å². The highest BCUT2D eigenvalue weighted by atomic mass is 16.5. The van der Waals surface area contributed by atoms with Gasteiger partial charge in [-0.05, 0) is 33.4 Å². The first-order valence-corrected chi connectivity index (χ1v) is 4.80. The van der Waals surface area contributed by atoms with E-state index in [1.807, 2.05) is 0 Å². The molecular formula is C9H20N2O. The van der Waals surface area contributed by atoms with Gasteiger partial charge in [-0.25, -0.2) is 0 Å². The van der Waals surface area contributed by atoms with Crippen LogP contribution in [0.25, 0.3) is 0 Å². The van der Waals surface area contributed by atoms with E-state index in [4.69, 9.17) is 10.5 Å². The minimum absolute atomic E-state index is 0.381. The van der Waals surface area contributed by atoms with Gasteiger partial charge in [-0.15, -0.1) is 0 Å². The Hall–Kier alpha value is -0.120. The number of nitrogens with two attached hydrogens (primary N) is 1. The van der Waals surface area contributed by atoms with Crippen LogP contribution < -0.4 is 5.73 Å². The topological polar surface area (TPSA) is 38.5 Å². The summed E-state index contributed by atoms with van der Waals surface area (Å²) in [4.78, 5) is 2.44. The number of hydrogen-bond donors (Lipinski definition) is 1. The van der Waals surface area contributed by atoms with Crippen molar-refractivity contribution in [3.63, 3.8) is 0 Å². The second-order valence-electron chi connectivity index (χ2n) is 3.66. The molecule has 0 unspecified atom stereocenters. The van der Waals surface area contributed by atoms with Gasteiger partial charge >= 0.3 is 0 Å². The molecule has 1 rings (SSSR count). The summed E-state index contributed by atoms with van der Waals surface area (Å²) in [6.07, 6.45) is 1.86. The molecule has 3 nitrogen and oxygen atoms in total. The lowest BCUT2D eigenvalue weighted by atomic mass is 10.2. The summed E-state index contributed by atoms with van der Waals surface area (Å²) in [5.74, 6) is 0. The van der Waals surface area contributed by atoms with Crippen molar-refractivity contribution in [3.05, 3.63) is 0 Å². The minimum Gasteiger partial charge on any atom is -0.373 e. The molecule has 2 N–H and O–H groups in total. The van der Waals surface area contributed by atoms with E-state index in [2.05, 4.69) is 18.7 Å². The molecule has 0 spiro atoms. The highest BCUT2D eigenvalue weighted by Crippen LogP contribution is 2.10. The van der Waals surface area contributed by atoms with Crippen LogP contribution in [0, 0.1) is 0 Å². The fourth-order valence-electron chi connectivity index (χ4n) is 1.78. The van der Waals surface area contributed by atoms with Gasteiger partial charge in [-0.1, -0.05) is 0 Å². The van der Waals surface area contributed by atoms with Gasteiger partial charge in [0.25, 0.3) is 0 Å². The summed E-state index contributed by atoms with van der Waals surface area (Å²) < 4.78 is 5.62. The van der Waals surface area contributed by atoms with E-state index in [-0.39, 0.29) is 0 Å². The van der Waals surface area contributed by atoms with Gasteiger partial charge in [0.2, 0.25) is 0 Å². The summed E-state index contributed by atoms with van der Waals surface area (Å²) in [5, 5.41) is 0. The van der Waals surface area contributed by atoms with Gasteiger partial charge in [0.15, 0.2) is 0 Å². The molecule has 72 valence electrons.